The summed E-state index contributed by atoms with van der Waals surface area (Å²) in [5.41, 5.74) is -0.162. The van der Waals surface area contributed by atoms with Gasteiger partial charge in [-0.05, 0) is 39.5 Å². The first-order valence-electron chi connectivity index (χ1n) is 6.02. The molecule has 0 aromatic heterocycles. The number of carbonyl (C=O) groups excluding carboxylic acids is 1. The summed E-state index contributed by atoms with van der Waals surface area (Å²) >= 11 is 3.39. The third-order valence-electron chi connectivity index (χ3n) is 2.78. The maximum absolute atomic E-state index is 11.7. The molecule has 1 fully saturated rings. The molecule has 1 saturated heterocycles. The van der Waals surface area contributed by atoms with E-state index in [9.17, 15) is 4.79 Å². The number of amides is 1. The van der Waals surface area contributed by atoms with E-state index in [2.05, 4.69) is 21.2 Å². The zero-order valence-electron chi connectivity index (χ0n) is 10.2. The van der Waals surface area contributed by atoms with Crippen molar-refractivity contribution in [2.75, 3.05) is 11.9 Å². The molecular weight excluding hydrogens is 270 g/mol. The molecular formula is C12H22BrNO2. The highest BCUT2D eigenvalue weighted by atomic mass is 79.9. The highest BCUT2D eigenvalue weighted by Crippen LogP contribution is 2.17. The first-order valence-corrected chi connectivity index (χ1v) is 7.14. The molecule has 3 nitrogen and oxygen atoms in total. The van der Waals surface area contributed by atoms with Gasteiger partial charge in [-0.15, -0.1) is 0 Å². The second-order valence-corrected chi connectivity index (χ2v) is 5.65. The molecule has 0 aliphatic carbocycles. The van der Waals surface area contributed by atoms with Crippen LogP contribution in [-0.4, -0.2) is 29.5 Å². The van der Waals surface area contributed by atoms with E-state index in [4.69, 9.17) is 4.74 Å². The summed E-state index contributed by atoms with van der Waals surface area (Å²) < 4.78 is 5.60. The van der Waals surface area contributed by atoms with Crippen LogP contribution in [0.1, 0.15) is 46.0 Å². The lowest BCUT2D eigenvalue weighted by atomic mass is 10.0. The fourth-order valence-electron chi connectivity index (χ4n) is 1.80. The molecule has 0 radical (unpaired) electrons. The molecule has 1 atom stereocenters. The van der Waals surface area contributed by atoms with Crippen molar-refractivity contribution in [1.82, 2.24) is 5.32 Å². The molecule has 1 aliphatic heterocycles. The standard InChI is InChI=1S/C12H22BrNO2/c1-12(2,9-13)14-11(15)7-6-10-5-3-4-8-16-10/h10H,3-9H2,1-2H3,(H,14,15). The van der Waals surface area contributed by atoms with Crippen molar-refractivity contribution < 1.29 is 9.53 Å². The van der Waals surface area contributed by atoms with Crippen molar-refractivity contribution in [3.8, 4) is 0 Å². The summed E-state index contributed by atoms with van der Waals surface area (Å²) in [7, 11) is 0. The molecule has 1 rings (SSSR count). The maximum atomic E-state index is 11.7. The lowest BCUT2D eigenvalue weighted by molar-refractivity contribution is -0.123. The molecule has 94 valence electrons. The molecule has 1 unspecified atom stereocenters. The van der Waals surface area contributed by atoms with Crippen LogP contribution in [-0.2, 0) is 9.53 Å². The molecule has 0 saturated carbocycles. The van der Waals surface area contributed by atoms with E-state index >= 15 is 0 Å². The molecule has 0 aromatic carbocycles. The summed E-state index contributed by atoms with van der Waals surface area (Å²) in [4.78, 5) is 11.7. The number of hydrogen-bond donors (Lipinski definition) is 1. The maximum Gasteiger partial charge on any atom is 0.220 e. The van der Waals surface area contributed by atoms with Crippen molar-refractivity contribution in [3.63, 3.8) is 0 Å². The first kappa shape index (κ1) is 14.0. The number of alkyl halides is 1. The topological polar surface area (TPSA) is 38.3 Å². The van der Waals surface area contributed by atoms with Crippen LogP contribution in [0.25, 0.3) is 0 Å². The molecule has 0 bridgehead atoms. The molecule has 1 N–H and O–H groups in total. The molecule has 1 amide bonds. The minimum Gasteiger partial charge on any atom is -0.378 e. The van der Waals surface area contributed by atoms with Gasteiger partial charge in [-0.2, -0.15) is 0 Å². The van der Waals surface area contributed by atoms with E-state index < -0.39 is 0 Å². The van der Waals surface area contributed by atoms with E-state index in [1.165, 1.54) is 12.8 Å². The van der Waals surface area contributed by atoms with Crippen LogP contribution < -0.4 is 5.32 Å². The van der Waals surface area contributed by atoms with E-state index in [1.54, 1.807) is 0 Å². The van der Waals surface area contributed by atoms with E-state index in [1.807, 2.05) is 13.8 Å². The number of rotatable bonds is 5. The zero-order chi connectivity index (χ0) is 12.0. The lowest BCUT2D eigenvalue weighted by Gasteiger charge is -2.25. The number of hydrogen-bond acceptors (Lipinski definition) is 2. The van der Waals surface area contributed by atoms with Crippen LogP contribution in [0.15, 0.2) is 0 Å². The average molecular weight is 292 g/mol. The Labute approximate surface area is 106 Å². The van der Waals surface area contributed by atoms with Gasteiger partial charge in [0.2, 0.25) is 5.91 Å². The van der Waals surface area contributed by atoms with Gasteiger partial charge in [0.25, 0.3) is 0 Å². The Morgan fingerprint density at radius 3 is 2.81 bits per heavy atom. The van der Waals surface area contributed by atoms with Crippen LogP contribution in [0.4, 0.5) is 0 Å². The third kappa shape index (κ3) is 5.30. The Balaban J connectivity index is 2.19. The SMILES string of the molecule is CC(C)(CBr)NC(=O)CCC1CCCCO1. The summed E-state index contributed by atoms with van der Waals surface area (Å²) in [6.45, 7) is 4.88. The van der Waals surface area contributed by atoms with Gasteiger partial charge in [0.1, 0.15) is 0 Å². The van der Waals surface area contributed by atoms with Crippen LogP contribution in [0.3, 0.4) is 0 Å². The monoisotopic (exact) mass is 291 g/mol. The number of nitrogens with one attached hydrogen (secondary N) is 1. The Kier molecular flexibility index (Phi) is 5.76. The Morgan fingerprint density at radius 1 is 1.50 bits per heavy atom. The largest absolute Gasteiger partial charge is 0.378 e. The van der Waals surface area contributed by atoms with Gasteiger partial charge >= 0.3 is 0 Å². The Morgan fingerprint density at radius 2 is 2.25 bits per heavy atom. The zero-order valence-corrected chi connectivity index (χ0v) is 11.8. The van der Waals surface area contributed by atoms with Crippen molar-refractivity contribution in [2.24, 2.45) is 0 Å². The first-order chi connectivity index (χ1) is 7.53. The van der Waals surface area contributed by atoms with Gasteiger partial charge in [0.05, 0.1) is 6.10 Å². The minimum atomic E-state index is -0.162. The van der Waals surface area contributed by atoms with Crippen molar-refractivity contribution >= 4 is 21.8 Å². The van der Waals surface area contributed by atoms with Gasteiger partial charge in [0.15, 0.2) is 0 Å². The predicted octanol–water partition coefficient (Wildman–Crippen LogP) is 2.63. The minimum absolute atomic E-state index is 0.124. The summed E-state index contributed by atoms with van der Waals surface area (Å²) in [5.74, 6) is 0.124. The Hall–Kier alpha value is -0.0900. The van der Waals surface area contributed by atoms with Crippen LogP contribution in [0.5, 0.6) is 0 Å². The van der Waals surface area contributed by atoms with Gasteiger partial charge in [-0.25, -0.2) is 0 Å². The van der Waals surface area contributed by atoms with Crippen molar-refractivity contribution in [2.45, 2.75) is 57.6 Å². The van der Waals surface area contributed by atoms with Gasteiger partial charge in [-0.1, -0.05) is 15.9 Å². The summed E-state index contributed by atoms with van der Waals surface area (Å²) in [5, 5.41) is 3.77. The highest BCUT2D eigenvalue weighted by molar-refractivity contribution is 9.09. The molecule has 4 heteroatoms. The fraction of sp³-hybridized carbons (Fsp3) is 0.917. The molecule has 0 spiro atoms. The van der Waals surface area contributed by atoms with Crippen LogP contribution in [0.2, 0.25) is 0 Å². The summed E-state index contributed by atoms with van der Waals surface area (Å²) in [6.07, 6.45) is 5.23. The van der Waals surface area contributed by atoms with E-state index in [-0.39, 0.29) is 11.4 Å². The second-order valence-electron chi connectivity index (χ2n) is 5.09. The normalized spacial score (nSPS) is 21.8. The Bertz CT molecular complexity index is 225. The molecule has 0 aromatic rings. The third-order valence-corrected chi connectivity index (χ3v) is 4.18. The second kappa shape index (κ2) is 6.60. The fourth-order valence-corrected chi connectivity index (χ4v) is 1.94. The van der Waals surface area contributed by atoms with E-state index in [0.29, 0.717) is 12.5 Å². The quantitative estimate of drug-likeness (QED) is 0.791. The highest BCUT2D eigenvalue weighted by Gasteiger charge is 2.20. The van der Waals surface area contributed by atoms with Crippen molar-refractivity contribution in [3.05, 3.63) is 0 Å². The lowest BCUT2D eigenvalue weighted by Crippen LogP contribution is -2.44. The number of carbonyl (C=O) groups is 1. The molecule has 16 heavy (non-hydrogen) atoms. The van der Waals surface area contributed by atoms with Crippen LogP contribution in [0, 0.1) is 0 Å². The van der Waals surface area contributed by atoms with Gasteiger partial charge in [-0.3, -0.25) is 4.79 Å². The molecule has 1 aliphatic rings. The van der Waals surface area contributed by atoms with Crippen LogP contribution >= 0.6 is 15.9 Å². The van der Waals surface area contributed by atoms with Crippen molar-refractivity contribution in [1.29, 1.82) is 0 Å². The average Bonchev–Trinajstić information content (AvgIpc) is 2.27. The van der Waals surface area contributed by atoms with Gasteiger partial charge in [0, 0.05) is 23.9 Å². The predicted molar refractivity (Wildman–Crippen MR) is 68.8 cm³/mol. The summed E-state index contributed by atoms with van der Waals surface area (Å²) in [6, 6.07) is 0. The van der Waals surface area contributed by atoms with Gasteiger partial charge < -0.3 is 10.1 Å². The number of halogens is 1. The van der Waals surface area contributed by atoms with E-state index in [0.717, 1.165) is 24.8 Å². The number of ether oxygens (including phenoxy) is 1. The molecule has 1 heterocycles. The smallest absolute Gasteiger partial charge is 0.220 e.